The summed E-state index contributed by atoms with van der Waals surface area (Å²) in [7, 11) is 0. The van der Waals surface area contributed by atoms with E-state index in [1.165, 1.54) is 16.7 Å². The summed E-state index contributed by atoms with van der Waals surface area (Å²) in [5.41, 5.74) is 6.24. The summed E-state index contributed by atoms with van der Waals surface area (Å²) >= 11 is 1.37. The Kier molecular flexibility index (Phi) is 12.0. The van der Waals surface area contributed by atoms with Crippen LogP contribution in [0.15, 0.2) is 60.7 Å². The maximum absolute atomic E-state index is 13.6. The van der Waals surface area contributed by atoms with Crippen molar-refractivity contribution in [3.63, 3.8) is 0 Å². The van der Waals surface area contributed by atoms with Crippen LogP contribution >= 0.6 is 11.8 Å². The predicted octanol–water partition coefficient (Wildman–Crippen LogP) is 1.06. The topological polar surface area (TPSA) is 180 Å². The molecule has 0 spiro atoms. The summed E-state index contributed by atoms with van der Waals surface area (Å²) in [6, 6.07) is 14.3. The fourth-order valence-corrected chi connectivity index (χ4v) is 5.55. The van der Waals surface area contributed by atoms with Crippen LogP contribution in [0.1, 0.15) is 38.3 Å². The molecule has 0 bridgehead atoms. The minimum atomic E-state index is -1.74. The zero-order chi connectivity index (χ0) is 31.6. The third-order valence-corrected chi connectivity index (χ3v) is 7.47. The van der Waals surface area contributed by atoms with Crippen molar-refractivity contribution in [2.75, 3.05) is 11.6 Å². The van der Waals surface area contributed by atoms with Crippen molar-refractivity contribution in [2.24, 2.45) is 5.73 Å². The first-order valence-electron chi connectivity index (χ1n) is 13.8. The Morgan fingerprint density at radius 2 is 1.60 bits per heavy atom. The van der Waals surface area contributed by atoms with Crippen LogP contribution in [0, 0.1) is 0 Å². The molecule has 6 N–H and O–H groups in total. The predicted molar refractivity (Wildman–Crippen MR) is 161 cm³/mol. The summed E-state index contributed by atoms with van der Waals surface area (Å²) in [6.45, 7) is 5.41. The zero-order valence-corrected chi connectivity index (χ0v) is 25.3. The molecule has 3 rings (SSSR count). The van der Waals surface area contributed by atoms with Crippen LogP contribution in [0.4, 0.5) is 4.79 Å². The van der Waals surface area contributed by atoms with E-state index >= 15 is 0 Å². The van der Waals surface area contributed by atoms with Gasteiger partial charge in [0, 0.05) is 11.3 Å². The van der Waals surface area contributed by atoms with Gasteiger partial charge >= 0.3 is 6.09 Å². The van der Waals surface area contributed by atoms with Crippen LogP contribution in [0.3, 0.4) is 0 Å². The van der Waals surface area contributed by atoms with Crippen LogP contribution in [-0.4, -0.2) is 81.1 Å². The first kappa shape index (κ1) is 33.4. The quantitative estimate of drug-likeness (QED) is 0.236. The molecule has 1 aliphatic rings. The van der Waals surface area contributed by atoms with E-state index in [4.69, 9.17) is 10.5 Å². The number of carbonyl (C=O) groups excluding carboxylic acids is 5. The molecule has 0 aromatic heterocycles. The second kappa shape index (κ2) is 15.4. The lowest BCUT2D eigenvalue weighted by Gasteiger charge is -2.32. The molecule has 2 aromatic carbocycles. The van der Waals surface area contributed by atoms with Crippen molar-refractivity contribution in [1.29, 1.82) is 0 Å². The second-order valence-corrected chi connectivity index (χ2v) is 12.2. The average Bonchev–Trinajstić information content (AvgIpc) is 3.45. The highest BCUT2D eigenvalue weighted by Crippen LogP contribution is 2.24. The van der Waals surface area contributed by atoms with Gasteiger partial charge in [-0.25, -0.2) is 4.79 Å². The number of nitrogens with zero attached hydrogens (tertiary/aromatic N) is 1. The molecule has 0 radical (unpaired) electrons. The average molecular weight is 614 g/mol. The number of thioether (sulfide) groups is 1. The fourth-order valence-electron chi connectivity index (χ4n) is 4.38. The lowest BCUT2D eigenvalue weighted by atomic mass is 9.99. The van der Waals surface area contributed by atoms with Gasteiger partial charge in [-0.15, -0.1) is 11.8 Å². The van der Waals surface area contributed by atoms with Crippen molar-refractivity contribution in [1.82, 2.24) is 20.9 Å². The molecule has 12 nitrogen and oxygen atoms in total. The van der Waals surface area contributed by atoms with Gasteiger partial charge in [-0.2, -0.15) is 0 Å². The molecule has 1 heterocycles. The second-order valence-electron chi connectivity index (χ2n) is 11.2. The van der Waals surface area contributed by atoms with Crippen LogP contribution < -0.4 is 21.7 Å². The molecule has 5 amide bonds. The highest BCUT2D eigenvalue weighted by molar-refractivity contribution is 7.99. The number of rotatable bonds is 12. The number of amides is 5. The first-order valence-corrected chi connectivity index (χ1v) is 15.0. The lowest BCUT2D eigenvalue weighted by molar-refractivity contribution is -0.147. The van der Waals surface area contributed by atoms with Crippen LogP contribution in [0.25, 0.3) is 0 Å². The molecule has 2 aromatic rings. The summed E-state index contributed by atoms with van der Waals surface area (Å²) in [6.07, 6.45) is -3.21. The zero-order valence-electron chi connectivity index (χ0n) is 24.4. The van der Waals surface area contributed by atoms with Crippen molar-refractivity contribution in [3.05, 3.63) is 71.8 Å². The van der Waals surface area contributed by atoms with Gasteiger partial charge in [0.15, 0.2) is 6.10 Å². The number of nitrogens with one attached hydrogen (secondary N) is 3. The third kappa shape index (κ3) is 10.6. The molecule has 0 unspecified atom stereocenters. The van der Waals surface area contributed by atoms with E-state index in [-0.39, 0.29) is 24.8 Å². The summed E-state index contributed by atoms with van der Waals surface area (Å²) in [5, 5.41) is 19.1. The van der Waals surface area contributed by atoms with Gasteiger partial charge in [-0.1, -0.05) is 60.7 Å². The summed E-state index contributed by atoms with van der Waals surface area (Å²) < 4.78 is 5.18. The van der Waals surface area contributed by atoms with Crippen molar-refractivity contribution < 1.29 is 33.8 Å². The highest BCUT2D eigenvalue weighted by Gasteiger charge is 2.41. The number of nitrogens with two attached hydrogens (primary N) is 1. The van der Waals surface area contributed by atoms with Crippen LogP contribution in [0.5, 0.6) is 0 Å². The van der Waals surface area contributed by atoms with Crippen molar-refractivity contribution >= 4 is 41.5 Å². The Morgan fingerprint density at radius 3 is 2.19 bits per heavy atom. The molecule has 232 valence electrons. The molecular formula is C30H39N5O7S. The fraction of sp³-hybridized carbons (Fsp3) is 0.433. The van der Waals surface area contributed by atoms with Gasteiger partial charge in [-0.3, -0.25) is 19.2 Å². The Bertz CT molecular complexity index is 1270. The molecular weight excluding hydrogens is 574 g/mol. The minimum Gasteiger partial charge on any atom is -0.445 e. The van der Waals surface area contributed by atoms with Gasteiger partial charge in [0.1, 0.15) is 18.7 Å². The summed E-state index contributed by atoms with van der Waals surface area (Å²) in [5.74, 6) is -2.25. The number of benzene rings is 2. The van der Waals surface area contributed by atoms with E-state index in [9.17, 15) is 29.1 Å². The lowest BCUT2D eigenvalue weighted by Crippen LogP contribution is -2.59. The molecule has 0 saturated carbocycles. The number of aliphatic hydroxyl groups excluding tert-OH is 1. The monoisotopic (exact) mass is 613 g/mol. The largest absolute Gasteiger partial charge is 0.445 e. The van der Waals surface area contributed by atoms with E-state index in [1.54, 1.807) is 54.6 Å². The molecule has 1 aliphatic heterocycles. The number of aliphatic hydroxyl groups is 1. The number of hydrogen-bond acceptors (Lipinski definition) is 8. The Balaban J connectivity index is 1.76. The van der Waals surface area contributed by atoms with E-state index < -0.39 is 60.0 Å². The maximum Gasteiger partial charge on any atom is 0.408 e. The van der Waals surface area contributed by atoms with Crippen LogP contribution in [-0.2, 0) is 36.9 Å². The van der Waals surface area contributed by atoms with Crippen molar-refractivity contribution in [3.8, 4) is 0 Å². The third-order valence-electron chi connectivity index (χ3n) is 6.45. The number of hydrogen-bond donors (Lipinski definition) is 5. The van der Waals surface area contributed by atoms with E-state index in [0.717, 1.165) is 0 Å². The van der Waals surface area contributed by atoms with Crippen LogP contribution in [0.2, 0.25) is 0 Å². The van der Waals surface area contributed by atoms with Gasteiger partial charge < -0.3 is 36.4 Å². The minimum absolute atomic E-state index is 0.0427. The van der Waals surface area contributed by atoms with E-state index in [0.29, 0.717) is 16.9 Å². The molecule has 4 atom stereocenters. The summed E-state index contributed by atoms with van der Waals surface area (Å²) in [4.78, 5) is 65.4. The number of primary amides is 1. The van der Waals surface area contributed by atoms with E-state index in [1.807, 2.05) is 26.8 Å². The smallest absolute Gasteiger partial charge is 0.408 e. The van der Waals surface area contributed by atoms with Gasteiger partial charge in [0.05, 0.1) is 18.3 Å². The molecule has 1 saturated heterocycles. The first-order chi connectivity index (χ1) is 20.3. The van der Waals surface area contributed by atoms with Gasteiger partial charge in [-0.05, 0) is 38.3 Å². The Labute approximate surface area is 255 Å². The number of carbonyl (C=O) groups is 5. The van der Waals surface area contributed by atoms with Gasteiger partial charge in [0.25, 0.3) is 5.91 Å². The van der Waals surface area contributed by atoms with Crippen molar-refractivity contribution in [2.45, 2.75) is 70.0 Å². The molecule has 13 heteroatoms. The maximum atomic E-state index is 13.6. The number of alkyl carbamates (subject to hydrolysis) is 1. The number of ether oxygens (including phenoxy) is 1. The van der Waals surface area contributed by atoms with Gasteiger partial charge in [0.2, 0.25) is 17.7 Å². The molecule has 0 aliphatic carbocycles. The van der Waals surface area contributed by atoms with E-state index in [2.05, 4.69) is 16.0 Å². The standard InChI is InChI=1S/C30H39N5O7S/c1-30(2,3)34-27(39)23-17-43-18-35(23)28(40)25(37)21(14-19-10-6-4-7-11-19)32-26(38)22(15-24(31)36)33-29(41)42-16-20-12-8-5-9-13-20/h4-13,21-23,25,37H,14-18H2,1-3H3,(H2,31,36)(H,32,38)(H,33,41)(H,34,39)/t21-,22-,23-,25-/m0/s1. The molecule has 43 heavy (non-hydrogen) atoms. The Morgan fingerprint density at radius 1 is 1.00 bits per heavy atom. The normalized spacial score (nSPS) is 16.8. The molecule has 1 fully saturated rings. The SMILES string of the molecule is CC(C)(C)NC(=O)[C@@H]1CSCN1C(=O)[C@@H](O)[C@H](Cc1ccccc1)NC(=O)[C@H](CC(N)=O)NC(=O)OCc1ccccc1. The highest BCUT2D eigenvalue weighted by atomic mass is 32.2. The Hall–Kier alpha value is -4.10.